The molecule has 31 heavy (non-hydrogen) atoms. The molecule has 164 valence electrons. The molecule has 0 bridgehead atoms. The minimum absolute atomic E-state index is 0.00243. The zero-order valence-corrected chi connectivity index (χ0v) is 16.7. The van der Waals surface area contributed by atoms with Gasteiger partial charge in [-0.05, 0) is 24.3 Å². The van der Waals surface area contributed by atoms with Crippen LogP contribution in [0.15, 0.2) is 35.7 Å². The third-order valence-electron chi connectivity index (χ3n) is 4.27. The van der Waals surface area contributed by atoms with Crippen molar-refractivity contribution in [1.82, 2.24) is 15.3 Å². The lowest BCUT2D eigenvalue weighted by Gasteiger charge is -2.13. The van der Waals surface area contributed by atoms with Crippen molar-refractivity contribution in [2.75, 3.05) is 13.7 Å². The Morgan fingerprint density at radius 3 is 2.65 bits per heavy atom. The highest BCUT2D eigenvalue weighted by atomic mass is 32.1. The van der Waals surface area contributed by atoms with Crippen LogP contribution < -0.4 is 11.1 Å². The molecule has 12 heteroatoms. The summed E-state index contributed by atoms with van der Waals surface area (Å²) >= 11 is 1.12. The lowest BCUT2D eigenvalue weighted by Crippen LogP contribution is -2.33. The molecule has 2 heterocycles. The smallest absolute Gasteiger partial charge is 0.419 e. The van der Waals surface area contributed by atoms with Crippen molar-refractivity contribution >= 4 is 23.2 Å². The van der Waals surface area contributed by atoms with Gasteiger partial charge in [0, 0.05) is 23.2 Å². The molecule has 0 saturated heterocycles. The number of nitrogens with two attached hydrogens (primary N) is 1. The molecule has 2 aromatic heterocycles. The number of methoxy groups -OCH3 is 1. The highest BCUT2D eigenvalue weighted by molar-refractivity contribution is 7.09. The van der Waals surface area contributed by atoms with Gasteiger partial charge < -0.3 is 20.8 Å². The summed E-state index contributed by atoms with van der Waals surface area (Å²) < 4.78 is 56.5. The average Bonchev–Trinajstić information content (AvgIpc) is 3.40. The largest absolute Gasteiger partial charge is 0.464 e. The third kappa shape index (κ3) is 4.91. The predicted octanol–water partition coefficient (Wildman–Crippen LogP) is 3.51. The first kappa shape index (κ1) is 22.4. The minimum atomic E-state index is -4.80. The molecule has 1 amide bonds. The van der Waals surface area contributed by atoms with Gasteiger partial charge in [-0.15, -0.1) is 11.3 Å². The maximum absolute atomic E-state index is 13.8. The number of halogens is 4. The Labute approximate surface area is 177 Å². The van der Waals surface area contributed by atoms with Crippen LogP contribution in [0, 0.1) is 5.82 Å². The number of benzene rings is 1. The van der Waals surface area contributed by atoms with Gasteiger partial charge in [-0.1, -0.05) is 6.07 Å². The molecule has 0 radical (unpaired) electrons. The number of aromatic nitrogens is 2. The number of hydrogen-bond acceptors (Lipinski definition) is 6. The summed E-state index contributed by atoms with van der Waals surface area (Å²) in [4.78, 5) is 30.9. The maximum Gasteiger partial charge on any atom is 0.419 e. The van der Waals surface area contributed by atoms with Crippen molar-refractivity contribution in [1.29, 1.82) is 0 Å². The number of ether oxygens (including phenoxy) is 1. The molecule has 3 rings (SSSR count). The number of esters is 1. The van der Waals surface area contributed by atoms with Gasteiger partial charge >= 0.3 is 12.1 Å². The molecule has 1 atom stereocenters. The highest BCUT2D eigenvalue weighted by Crippen LogP contribution is 2.33. The number of aromatic amines is 1. The van der Waals surface area contributed by atoms with Gasteiger partial charge in [0.05, 0.1) is 18.7 Å². The fourth-order valence-corrected chi connectivity index (χ4v) is 3.56. The SMILES string of the molecule is COC(=O)c1csc(C(CN)NC(=O)c2ccc(-c3ccc(C(F)(F)F)c(F)c3)[nH]2)n1. The van der Waals surface area contributed by atoms with E-state index in [4.69, 9.17) is 5.73 Å². The molecule has 0 fully saturated rings. The summed E-state index contributed by atoms with van der Waals surface area (Å²) in [6.07, 6.45) is -4.80. The molecule has 4 N–H and O–H groups in total. The third-order valence-corrected chi connectivity index (χ3v) is 5.23. The van der Waals surface area contributed by atoms with Crippen LogP contribution in [0.3, 0.4) is 0 Å². The van der Waals surface area contributed by atoms with Crippen molar-refractivity contribution in [3.8, 4) is 11.3 Å². The number of nitrogens with one attached hydrogen (secondary N) is 2. The van der Waals surface area contributed by atoms with E-state index in [9.17, 15) is 27.2 Å². The van der Waals surface area contributed by atoms with Crippen LogP contribution in [0.25, 0.3) is 11.3 Å². The molecule has 0 aliphatic rings. The Kier molecular flexibility index (Phi) is 6.41. The number of thiazole rings is 1. The standard InChI is InChI=1S/C19H16F4N4O3S/c1-30-18(29)15-8-31-17(27-15)14(7-24)26-16(28)13-5-4-12(25-13)9-2-3-10(11(20)6-9)19(21,22)23/h2-6,8,14,25H,7,24H2,1H3,(H,26,28). The Bertz CT molecular complexity index is 1110. The van der Waals surface area contributed by atoms with Gasteiger partial charge in [0.15, 0.2) is 5.69 Å². The average molecular weight is 456 g/mol. The summed E-state index contributed by atoms with van der Waals surface area (Å²) in [6.45, 7) is -0.00243. The first-order valence-corrected chi connectivity index (χ1v) is 9.62. The topological polar surface area (TPSA) is 110 Å². The van der Waals surface area contributed by atoms with Gasteiger partial charge in [0.2, 0.25) is 0 Å². The number of amides is 1. The van der Waals surface area contributed by atoms with Crippen molar-refractivity contribution < 1.29 is 31.9 Å². The number of carbonyl (C=O) groups excluding carboxylic acids is 2. The summed E-state index contributed by atoms with van der Waals surface area (Å²) in [5.74, 6) is -2.61. The van der Waals surface area contributed by atoms with E-state index in [0.29, 0.717) is 11.1 Å². The van der Waals surface area contributed by atoms with E-state index >= 15 is 0 Å². The summed E-state index contributed by atoms with van der Waals surface area (Å²) in [7, 11) is 1.22. The van der Waals surface area contributed by atoms with Crippen LogP contribution in [0.2, 0.25) is 0 Å². The van der Waals surface area contributed by atoms with E-state index in [1.165, 1.54) is 24.6 Å². The molecule has 0 saturated carbocycles. The van der Waals surface area contributed by atoms with Crippen molar-refractivity contribution in [3.63, 3.8) is 0 Å². The van der Waals surface area contributed by atoms with E-state index in [1.807, 2.05) is 0 Å². The highest BCUT2D eigenvalue weighted by Gasteiger charge is 2.34. The van der Waals surface area contributed by atoms with Crippen LogP contribution in [0.4, 0.5) is 17.6 Å². The molecule has 1 aromatic carbocycles. The number of H-pyrrole nitrogens is 1. The number of hydrogen-bond donors (Lipinski definition) is 3. The first-order chi connectivity index (χ1) is 14.6. The normalized spacial score (nSPS) is 12.5. The van der Waals surface area contributed by atoms with Crippen LogP contribution in [-0.4, -0.2) is 35.5 Å². The lowest BCUT2D eigenvalue weighted by molar-refractivity contribution is -0.139. The quantitative estimate of drug-likeness (QED) is 0.388. The Hall–Kier alpha value is -3.25. The molecule has 0 spiro atoms. The number of carbonyl (C=O) groups is 2. The van der Waals surface area contributed by atoms with Gasteiger partial charge in [0.25, 0.3) is 5.91 Å². The van der Waals surface area contributed by atoms with Crippen LogP contribution >= 0.6 is 11.3 Å². The van der Waals surface area contributed by atoms with Gasteiger partial charge in [-0.25, -0.2) is 14.2 Å². The molecule has 7 nitrogen and oxygen atoms in total. The van der Waals surface area contributed by atoms with E-state index in [-0.39, 0.29) is 29.2 Å². The molecular weight excluding hydrogens is 440 g/mol. The number of alkyl halides is 3. The zero-order chi connectivity index (χ0) is 22.8. The van der Waals surface area contributed by atoms with Gasteiger partial charge in [0.1, 0.15) is 16.5 Å². The summed E-state index contributed by atoms with van der Waals surface area (Å²) in [5.41, 5.74) is 4.89. The second-order valence-electron chi connectivity index (χ2n) is 6.30. The van der Waals surface area contributed by atoms with Crippen molar-refractivity contribution in [2.45, 2.75) is 12.2 Å². The monoisotopic (exact) mass is 456 g/mol. The predicted molar refractivity (Wildman–Crippen MR) is 104 cm³/mol. The lowest BCUT2D eigenvalue weighted by atomic mass is 10.1. The number of nitrogens with zero attached hydrogens (tertiary/aromatic N) is 1. The van der Waals surface area contributed by atoms with Crippen LogP contribution in [0.5, 0.6) is 0 Å². The second-order valence-corrected chi connectivity index (χ2v) is 7.19. The Morgan fingerprint density at radius 1 is 1.29 bits per heavy atom. The summed E-state index contributed by atoms with van der Waals surface area (Å²) in [6, 6.07) is 4.63. The second kappa shape index (κ2) is 8.86. The van der Waals surface area contributed by atoms with E-state index in [0.717, 1.165) is 23.5 Å². The summed E-state index contributed by atoms with van der Waals surface area (Å²) in [5, 5.41) is 4.52. The van der Waals surface area contributed by atoms with Gasteiger partial charge in [-0.3, -0.25) is 4.79 Å². The molecule has 3 aromatic rings. The molecule has 1 unspecified atom stereocenters. The Balaban J connectivity index is 1.76. The maximum atomic E-state index is 13.8. The molecular formula is C19H16F4N4O3S. The van der Waals surface area contributed by atoms with Crippen molar-refractivity contribution in [3.05, 3.63) is 63.5 Å². The van der Waals surface area contributed by atoms with E-state index in [2.05, 4.69) is 20.0 Å². The molecule has 0 aliphatic heterocycles. The van der Waals surface area contributed by atoms with Gasteiger partial charge in [-0.2, -0.15) is 13.2 Å². The molecule has 0 aliphatic carbocycles. The fourth-order valence-electron chi connectivity index (χ4n) is 2.71. The van der Waals surface area contributed by atoms with E-state index < -0.39 is 35.5 Å². The zero-order valence-electron chi connectivity index (χ0n) is 15.9. The number of rotatable bonds is 6. The Morgan fingerprint density at radius 2 is 2.03 bits per heavy atom. The first-order valence-electron chi connectivity index (χ1n) is 8.74. The van der Waals surface area contributed by atoms with Crippen LogP contribution in [-0.2, 0) is 10.9 Å². The van der Waals surface area contributed by atoms with Crippen molar-refractivity contribution in [2.24, 2.45) is 5.73 Å². The fraction of sp³-hybridized carbons (Fsp3) is 0.211. The van der Waals surface area contributed by atoms with Crippen LogP contribution in [0.1, 0.15) is 37.6 Å². The minimum Gasteiger partial charge on any atom is -0.464 e. The van der Waals surface area contributed by atoms with E-state index in [1.54, 1.807) is 0 Å².